The Morgan fingerprint density at radius 2 is 2.25 bits per heavy atom. The standard InChI is InChI=1S/C18H23N3O3/c1-20-13-15(12-19-20)17-7-4-8-21(17)18(22)14-5-3-6-16(11-14)24-10-9-23-2/h3,5-6,11-13,17H,4,7-10H2,1-2H3/t17-/m0/s1. The molecular formula is C18H23N3O3. The van der Waals surface area contributed by atoms with Gasteiger partial charge in [-0.3, -0.25) is 9.48 Å². The number of hydrogen-bond donors (Lipinski definition) is 0. The molecular weight excluding hydrogens is 306 g/mol. The molecule has 128 valence electrons. The summed E-state index contributed by atoms with van der Waals surface area (Å²) in [6.07, 6.45) is 5.82. The molecule has 6 nitrogen and oxygen atoms in total. The van der Waals surface area contributed by atoms with E-state index in [9.17, 15) is 4.79 Å². The lowest BCUT2D eigenvalue weighted by Crippen LogP contribution is -2.30. The van der Waals surface area contributed by atoms with Crippen LogP contribution in [-0.2, 0) is 11.8 Å². The summed E-state index contributed by atoms with van der Waals surface area (Å²) >= 11 is 0. The number of amides is 1. The van der Waals surface area contributed by atoms with Crippen LogP contribution >= 0.6 is 0 Å². The van der Waals surface area contributed by atoms with E-state index in [0.717, 1.165) is 24.9 Å². The summed E-state index contributed by atoms with van der Waals surface area (Å²) in [4.78, 5) is 14.9. The van der Waals surface area contributed by atoms with Crippen LogP contribution in [0.5, 0.6) is 5.75 Å². The average molecular weight is 329 g/mol. The summed E-state index contributed by atoms with van der Waals surface area (Å²) < 4.78 is 12.4. The number of hydrogen-bond acceptors (Lipinski definition) is 4. The second kappa shape index (κ2) is 7.49. The molecule has 1 fully saturated rings. The van der Waals surface area contributed by atoms with Crippen LogP contribution in [0.1, 0.15) is 34.8 Å². The smallest absolute Gasteiger partial charge is 0.254 e. The molecule has 1 aliphatic rings. The summed E-state index contributed by atoms with van der Waals surface area (Å²) in [5.74, 6) is 0.730. The molecule has 1 amide bonds. The number of ether oxygens (including phenoxy) is 2. The molecule has 1 aromatic carbocycles. The minimum Gasteiger partial charge on any atom is -0.491 e. The van der Waals surface area contributed by atoms with Crippen molar-refractivity contribution in [1.29, 1.82) is 0 Å². The second-order valence-electron chi connectivity index (χ2n) is 5.97. The summed E-state index contributed by atoms with van der Waals surface area (Å²) in [5.41, 5.74) is 1.75. The molecule has 0 aliphatic carbocycles. The highest BCUT2D eigenvalue weighted by molar-refractivity contribution is 5.95. The largest absolute Gasteiger partial charge is 0.491 e. The van der Waals surface area contributed by atoms with Gasteiger partial charge in [0.15, 0.2) is 0 Å². The SMILES string of the molecule is COCCOc1cccc(C(=O)N2CCC[C@H]2c2cnn(C)c2)c1. The molecule has 0 saturated carbocycles. The van der Waals surface area contributed by atoms with Crippen molar-refractivity contribution in [3.05, 3.63) is 47.8 Å². The Balaban J connectivity index is 1.74. The predicted molar refractivity (Wildman–Crippen MR) is 90.0 cm³/mol. The predicted octanol–water partition coefficient (Wildman–Crippen LogP) is 2.42. The van der Waals surface area contributed by atoms with Gasteiger partial charge in [-0.15, -0.1) is 0 Å². The monoisotopic (exact) mass is 329 g/mol. The number of methoxy groups -OCH3 is 1. The molecule has 0 radical (unpaired) electrons. The van der Waals surface area contributed by atoms with Gasteiger partial charge in [0.25, 0.3) is 5.91 Å². The maximum atomic E-state index is 12.9. The Kier molecular flexibility index (Phi) is 5.15. The van der Waals surface area contributed by atoms with E-state index in [-0.39, 0.29) is 11.9 Å². The van der Waals surface area contributed by atoms with Crippen molar-refractivity contribution in [2.45, 2.75) is 18.9 Å². The van der Waals surface area contributed by atoms with Crippen molar-refractivity contribution in [2.75, 3.05) is 26.9 Å². The topological polar surface area (TPSA) is 56.6 Å². The van der Waals surface area contributed by atoms with Gasteiger partial charge in [-0.2, -0.15) is 5.10 Å². The lowest BCUT2D eigenvalue weighted by Gasteiger charge is -2.24. The molecule has 6 heteroatoms. The van der Waals surface area contributed by atoms with Crippen LogP contribution in [0, 0.1) is 0 Å². The number of aryl methyl sites for hydroxylation is 1. The quantitative estimate of drug-likeness (QED) is 0.764. The van der Waals surface area contributed by atoms with Crippen molar-refractivity contribution in [1.82, 2.24) is 14.7 Å². The van der Waals surface area contributed by atoms with E-state index in [1.165, 1.54) is 0 Å². The highest BCUT2D eigenvalue weighted by Crippen LogP contribution is 2.33. The Labute approximate surface area is 142 Å². The molecule has 2 heterocycles. The Hall–Kier alpha value is -2.34. The Morgan fingerprint density at radius 1 is 1.38 bits per heavy atom. The highest BCUT2D eigenvalue weighted by atomic mass is 16.5. The number of rotatable bonds is 6. The van der Waals surface area contributed by atoms with E-state index in [4.69, 9.17) is 9.47 Å². The first kappa shape index (κ1) is 16.5. The van der Waals surface area contributed by atoms with Gasteiger partial charge in [0.2, 0.25) is 0 Å². The second-order valence-corrected chi connectivity index (χ2v) is 5.97. The molecule has 1 aromatic heterocycles. The van der Waals surface area contributed by atoms with Crippen molar-refractivity contribution < 1.29 is 14.3 Å². The van der Waals surface area contributed by atoms with Gasteiger partial charge in [0, 0.05) is 38.0 Å². The van der Waals surface area contributed by atoms with E-state index in [0.29, 0.717) is 24.5 Å². The molecule has 3 rings (SSSR count). The van der Waals surface area contributed by atoms with E-state index in [1.54, 1.807) is 17.9 Å². The number of aromatic nitrogens is 2. The van der Waals surface area contributed by atoms with Crippen LogP contribution in [0.15, 0.2) is 36.7 Å². The first-order valence-corrected chi connectivity index (χ1v) is 8.20. The fourth-order valence-electron chi connectivity index (χ4n) is 3.10. The first-order valence-electron chi connectivity index (χ1n) is 8.20. The summed E-state index contributed by atoms with van der Waals surface area (Å²) in [7, 11) is 3.53. The minimum absolute atomic E-state index is 0.0403. The van der Waals surface area contributed by atoms with Crippen LogP contribution in [0.4, 0.5) is 0 Å². The van der Waals surface area contributed by atoms with E-state index >= 15 is 0 Å². The van der Waals surface area contributed by atoms with Gasteiger partial charge in [0.1, 0.15) is 12.4 Å². The van der Waals surface area contributed by atoms with Gasteiger partial charge in [0.05, 0.1) is 18.8 Å². The zero-order chi connectivity index (χ0) is 16.9. The summed E-state index contributed by atoms with van der Waals surface area (Å²) in [5, 5.41) is 4.23. The van der Waals surface area contributed by atoms with Crippen molar-refractivity contribution >= 4 is 5.91 Å². The molecule has 2 aromatic rings. The molecule has 0 unspecified atom stereocenters. The Morgan fingerprint density at radius 3 is 3.00 bits per heavy atom. The lowest BCUT2D eigenvalue weighted by molar-refractivity contribution is 0.0735. The first-order chi connectivity index (χ1) is 11.7. The number of nitrogens with zero attached hydrogens (tertiary/aromatic N) is 3. The summed E-state index contributed by atoms with van der Waals surface area (Å²) in [6, 6.07) is 7.45. The third-order valence-electron chi connectivity index (χ3n) is 4.26. The average Bonchev–Trinajstić information content (AvgIpc) is 3.23. The molecule has 1 aliphatic heterocycles. The lowest BCUT2D eigenvalue weighted by atomic mass is 10.1. The number of carbonyl (C=O) groups is 1. The van der Waals surface area contributed by atoms with Crippen LogP contribution in [0.25, 0.3) is 0 Å². The molecule has 24 heavy (non-hydrogen) atoms. The minimum atomic E-state index is 0.0403. The van der Waals surface area contributed by atoms with Crippen LogP contribution in [0.3, 0.4) is 0 Å². The number of benzene rings is 1. The fraction of sp³-hybridized carbons (Fsp3) is 0.444. The maximum absolute atomic E-state index is 12.9. The van der Waals surface area contributed by atoms with Crippen LogP contribution in [0.2, 0.25) is 0 Å². The third kappa shape index (κ3) is 3.59. The number of carbonyl (C=O) groups excluding carboxylic acids is 1. The molecule has 0 bridgehead atoms. The zero-order valence-corrected chi connectivity index (χ0v) is 14.1. The van der Waals surface area contributed by atoms with Crippen molar-refractivity contribution in [3.8, 4) is 5.75 Å². The van der Waals surface area contributed by atoms with Crippen LogP contribution < -0.4 is 4.74 Å². The number of likely N-dealkylation sites (tertiary alicyclic amines) is 1. The van der Waals surface area contributed by atoms with Crippen LogP contribution in [-0.4, -0.2) is 47.5 Å². The van der Waals surface area contributed by atoms with Gasteiger partial charge in [-0.25, -0.2) is 0 Å². The van der Waals surface area contributed by atoms with Gasteiger partial charge >= 0.3 is 0 Å². The van der Waals surface area contributed by atoms with E-state index in [2.05, 4.69) is 5.10 Å². The molecule has 0 N–H and O–H groups in total. The highest BCUT2D eigenvalue weighted by Gasteiger charge is 2.31. The molecule has 0 spiro atoms. The van der Waals surface area contributed by atoms with Gasteiger partial charge in [-0.05, 0) is 31.0 Å². The molecule has 1 saturated heterocycles. The van der Waals surface area contributed by atoms with E-state index in [1.807, 2.05) is 42.5 Å². The van der Waals surface area contributed by atoms with E-state index < -0.39 is 0 Å². The fourth-order valence-corrected chi connectivity index (χ4v) is 3.10. The van der Waals surface area contributed by atoms with Gasteiger partial charge < -0.3 is 14.4 Å². The maximum Gasteiger partial charge on any atom is 0.254 e. The molecule has 1 atom stereocenters. The zero-order valence-electron chi connectivity index (χ0n) is 14.1. The van der Waals surface area contributed by atoms with Crippen molar-refractivity contribution in [3.63, 3.8) is 0 Å². The van der Waals surface area contributed by atoms with Gasteiger partial charge in [-0.1, -0.05) is 6.07 Å². The summed E-state index contributed by atoms with van der Waals surface area (Å²) in [6.45, 7) is 1.76. The Bertz CT molecular complexity index is 698. The van der Waals surface area contributed by atoms with Crippen molar-refractivity contribution in [2.24, 2.45) is 7.05 Å². The third-order valence-corrected chi connectivity index (χ3v) is 4.26. The normalized spacial score (nSPS) is 17.2.